The molecule has 0 atom stereocenters. The first kappa shape index (κ1) is 24.2. The van der Waals surface area contributed by atoms with Crippen LogP contribution in [0, 0.1) is 6.92 Å². The minimum absolute atomic E-state index is 0.154. The molecule has 3 rings (SSSR count). The summed E-state index contributed by atoms with van der Waals surface area (Å²) in [6.45, 7) is 8.16. The third kappa shape index (κ3) is 6.52. The van der Waals surface area contributed by atoms with Crippen LogP contribution in [-0.4, -0.2) is 33.7 Å². The summed E-state index contributed by atoms with van der Waals surface area (Å²) < 4.78 is 12.0. The molecule has 1 aromatic heterocycles. The number of aryl methyl sites for hydroxylation is 1. The highest BCUT2D eigenvalue weighted by Gasteiger charge is 2.41. The standard InChI is InChI=1S/C25H32ClN3O3/c1-5-6-11-20(19-10-7-12-21(22(19)26)31-15-8-9-17(2)30)29-23-18(3)27-16-28-24(23)32-25(4)13-14-25/h7,10,12,16H,5-6,8-9,11,13-15H2,1-4H3. The molecule has 1 aromatic carbocycles. The van der Waals surface area contributed by atoms with Gasteiger partial charge in [-0.05, 0) is 58.9 Å². The van der Waals surface area contributed by atoms with Crippen molar-refractivity contribution in [3.63, 3.8) is 0 Å². The first-order chi connectivity index (χ1) is 15.3. The van der Waals surface area contributed by atoms with Crippen LogP contribution in [0.15, 0.2) is 29.5 Å². The number of Topliss-reactive ketones (excluding diaryl/α,β-unsaturated/α-hetero) is 1. The Balaban J connectivity index is 1.93. The summed E-state index contributed by atoms with van der Waals surface area (Å²) in [5, 5.41) is 0.524. The number of ketones is 1. The van der Waals surface area contributed by atoms with Gasteiger partial charge in [-0.3, -0.25) is 0 Å². The van der Waals surface area contributed by atoms with E-state index in [9.17, 15) is 4.79 Å². The Morgan fingerprint density at radius 1 is 1.22 bits per heavy atom. The van der Waals surface area contributed by atoms with Crippen molar-refractivity contribution >= 4 is 28.8 Å². The van der Waals surface area contributed by atoms with E-state index in [-0.39, 0.29) is 11.4 Å². The number of rotatable bonds is 12. The average molecular weight is 458 g/mol. The van der Waals surface area contributed by atoms with E-state index in [0.29, 0.717) is 41.8 Å². The molecule has 6 nitrogen and oxygen atoms in total. The maximum atomic E-state index is 11.2. The Bertz CT molecular complexity index is 986. The fraction of sp³-hybridized carbons (Fsp3) is 0.520. The molecule has 0 spiro atoms. The van der Waals surface area contributed by atoms with Crippen molar-refractivity contribution in [3.8, 4) is 11.6 Å². The normalized spacial score (nSPS) is 14.8. The Hall–Kier alpha value is -2.47. The molecule has 0 bridgehead atoms. The Morgan fingerprint density at radius 2 is 2.00 bits per heavy atom. The van der Waals surface area contributed by atoms with Crippen molar-refractivity contribution in [2.24, 2.45) is 4.99 Å². The average Bonchev–Trinajstić information content (AvgIpc) is 3.48. The molecular formula is C25H32ClN3O3. The van der Waals surface area contributed by atoms with Gasteiger partial charge in [-0.1, -0.05) is 37.1 Å². The quantitative estimate of drug-likeness (QED) is 0.271. The van der Waals surface area contributed by atoms with E-state index >= 15 is 0 Å². The molecule has 1 fully saturated rings. The second-order valence-electron chi connectivity index (χ2n) is 8.60. The number of unbranched alkanes of at least 4 members (excludes halogenated alkanes) is 1. The number of hydrogen-bond acceptors (Lipinski definition) is 6. The SMILES string of the molecule is CCCCC(=Nc1c(C)ncnc1OC1(C)CC1)c1cccc(OCCCC(C)=O)c1Cl. The number of benzene rings is 1. The van der Waals surface area contributed by atoms with Gasteiger partial charge in [0.1, 0.15) is 29.1 Å². The molecule has 1 heterocycles. The van der Waals surface area contributed by atoms with Gasteiger partial charge in [-0.25, -0.2) is 9.98 Å². The van der Waals surface area contributed by atoms with E-state index < -0.39 is 0 Å². The van der Waals surface area contributed by atoms with E-state index in [0.717, 1.165) is 49.1 Å². The highest BCUT2D eigenvalue weighted by molar-refractivity contribution is 6.35. The van der Waals surface area contributed by atoms with Crippen LogP contribution < -0.4 is 9.47 Å². The second kappa shape index (κ2) is 10.9. The van der Waals surface area contributed by atoms with Crippen LogP contribution in [0.4, 0.5) is 5.69 Å². The zero-order chi connectivity index (χ0) is 23.1. The third-order valence-electron chi connectivity index (χ3n) is 5.49. The van der Waals surface area contributed by atoms with Gasteiger partial charge in [0, 0.05) is 12.0 Å². The van der Waals surface area contributed by atoms with E-state index in [1.54, 1.807) is 6.92 Å². The van der Waals surface area contributed by atoms with E-state index in [1.807, 2.05) is 25.1 Å². The van der Waals surface area contributed by atoms with Crippen molar-refractivity contribution in [1.82, 2.24) is 9.97 Å². The minimum Gasteiger partial charge on any atom is -0.492 e. The lowest BCUT2D eigenvalue weighted by Crippen LogP contribution is -2.14. The van der Waals surface area contributed by atoms with E-state index in [2.05, 4.69) is 23.8 Å². The van der Waals surface area contributed by atoms with Crippen molar-refractivity contribution in [1.29, 1.82) is 0 Å². The van der Waals surface area contributed by atoms with Crippen molar-refractivity contribution in [2.75, 3.05) is 6.61 Å². The third-order valence-corrected chi connectivity index (χ3v) is 5.88. The van der Waals surface area contributed by atoms with Crippen molar-refractivity contribution < 1.29 is 14.3 Å². The summed E-state index contributed by atoms with van der Waals surface area (Å²) in [5.41, 5.74) is 2.93. The first-order valence-electron chi connectivity index (χ1n) is 11.3. The number of nitrogens with zero attached hydrogens (tertiary/aromatic N) is 3. The summed E-state index contributed by atoms with van der Waals surface area (Å²) >= 11 is 6.75. The molecule has 0 radical (unpaired) electrons. The monoisotopic (exact) mass is 457 g/mol. The minimum atomic E-state index is -0.167. The number of ether oxygens (including phenoxy) is 2. The van der Waals surface area contributed by atoms with Gasteiger partial charge >= 0.3 is 0 Å². The van der Waals surface area contributed by atoms with Gasteiger partial charge in [-0.2, -0.15) is 4.98 Å². The zero-order valence-corrected chi connectivity index (χ0v) is 20.2. The molecule has 172 valence electrons. The molecule has 1 aliphatic carbocycles. The van der Waals surface area contributed by atoms with Gasteiger partial charge in [0.05, 0.1) is 23.0 Å². The van der Waals surface area contributed by atoms with E-state index in [4.69, 9.17) is 26.1 Å². The molecule has 0 saturated heterocycles. The van der Waals surface area contributed by atoms with Crippen LogP contribution >= 0.6 is 11.6 Å². The van der Waals surface area contributed by atoms with Crippen LogP contribution in [-0.2, 0) is 4.79 Å². The second-order valence-corrected chi connectivity index (χ2v) is 8.98. The summed E-state index contributed by atoms with van der Waals surface area (Å²) in [7, 11) is 0. The Labute approximate surface area is 195 Å². The van der Waals surface area contributed by atoms with Gasteiger partial charge in [0.15, 0.2) is 0 Å². The summed E-state index contributed by atoms with van der Waals surface area (Å²) in [6, 6.07) is 5.72. The van der Waals surface area contributed by atoms with Gasteiger partial charge in [0.2, 0.25) is 5.88 Å². The lowest BCUT2D eigenvalue weighted by atomic mass is 10.0. The lowest BCUT2D eigenvalue weighted by molar-refractivity contribution is -0.117. The molecule has 1 aliphatic rings. The highest BCUT2D eigenvalue weighted by atomic mass is 35.5. The molecule has 0 N–H and O–H groups in total. The number of halogens is 1. The van der Waals surface area contributed by atoms with Crippen LogP contribution in [0.5, 0.6) is 11.6 Å². The summed E-state index contributed by atoms with van der Waals surface area (Å²) in [5.74, 6) is 1.26. The molecule has 0 unspecified atom stereocenters. The number of aromatic nitrogens is 2. The lowest BCUT2D eigenvalue weighted by Gasteiger charge is -2.16. The molecular weight excluding hydrogens is 426 g/mol. The maximum Gasteiger partial charge on any atom is 0.243 e. The van der Waals surface area contributed by atoms with E-state index in [1.165, 1.54) is 6.33 Å². The smallest absolute Gasteiger partial charge is 0.243 e. The van der Waals surface area contributed by atoms with Crippen LogP contribution in [0.25, 0.3) is 0 Å². The molecule has 1 saturated carbocycles. The Kier molecular flexibility index (Phi) is 8.24. The van der Waals surface area contributed by atoms with Gasteiger partial charge in [-0.15, -0.1) is 0 Å². The number of carbonyl (C=O) groups is 1. The number of carbonyl (C=O) groups excluding carboxylic acids is 1. The summed E-state index contributed by atoms with van der Waals surface area (Å²) in [4.78, 5) is 24.9. The number of hydrogen-bond donors (Lipinski definition) is 0. The topological polar surface area (TPSA) is 73.7 Å². The number of aliphatic imine (C=N–C) groups is 1. The molecule has 32 heavy (non-hydrogen) atoms. The molecule has 2 aromatic rings. The summed E-state index contributed by atoms with van der Waals surface area (Å²) in [6.07, 6.45) is 7.46. The van der Waals surface area contributed by atoms with Crippen molar-refractivity contribution in [3.05, 3.63) is 40.8 Å². The largest absolute Gasteiger partial charge is 0.492 e. The first-order valence-corrected chi connectivity index (χ1v) is 11.7. The van der Waals surface area contributed by atoms with Gasteiger partial charge < -0.3 is 14.3 Å². The molecule has 7 heteroatoms. The zero-order valence-electron chi connectivity index (χ0n) is 19.4. The maximum absolute atomic E-state index is 11.2. The van der Waals surface area contributed by atoms with Gasteiger partial charge in [0.25, 0.3) is 0 Å². The van der Waals surface area contributed by atoms with Crippen LogP contribution in [0.2, 0.25) is 5.02 Å². The van der Waals surface area contributed by atoms with Crippen LogP contribution in [0.1, 0.15) is 77.0 Å². The Morgan fingerprint density at radius 3 is 2.69 bits per heavy atom. The molecule has 0 aliphatic heterocycles. The predicted octanol–water partition coefficient (Wildman–Crippen LogP) is 6.43. The fourth-order valence-corrected chi connectivity index (χ4v) is 3.53. The fourth-order valence-electron chi connectivity index (χ4n) is 3.24. The molecule has 0 amide bonds. The van der Waals surface area contributed by atoms with Crippen LogP contribution in [0.3, 0.4) is 0 Å². The van der Waals surface area contributed by atoms with Crippen molar-refractivity contribution in [2.45, 2.75) is 78.2 Å². The predicted molar refractivity (Wildman–Crippen MR) is 128 cm³/mol. The highest BCUT2D eigenvalue weighted by Crippen LogP contribution is 2.42.